The van der Waals surface area contributed by atoms with Crippen LogP contribution in [0.3, 0.4) is 0 Å². The molecule has 1 atom stereocenters. The first kappa shape index (κ1) is 24.0. The van der Waals surface area contributed by atoms with Crippen LogP contribution in [0.5, 0.6) is 0 Å². The predicted molar refractivity (Wildman–Crippen MR) is 143 cm³/mol. The molecule has 6 heteroatoms. The normalized spacial score (nSPS) is 26.6. The first-order valence-corrected chi connectivity index (χ1v) is 13.7. The molecule has 0 spiro atoms. The van der Waals surface area contributed by atoms with E-state index in [0.717, 1.165) is 36.1 Å². The van der Waals surface area contributed by atoms with Crippen molar-refractivity contribution >= 4 is 11.8 Å². The van der Waals surface area contributed by atoms with Crippen LogP contribution < -0.4 is 10.6 Å². The third-order valence-corrected chi connectivity index (χ3v) is 8.79. The second kappa shape index (κ2) is 9.81. The van der Waals surface area contributed by atoms with Gasteiger partial charge in [0.2, 0.25) is 11.8 Å². The van der Waals surface area contributed by atoms with E-state index in [0.29, 0.717) is 30.8 Å². The summed E-state index contributed by atoms with van der Waals surface area (Å²) in [6.07, 6.45) is 8.90. The van der Waals surface area contributed by atoms with E-state index in [1.807, 2.05) is 59.4 Å². The maximum atomic E-state index is 13.4. The Labute approximate surface area is 218 Å². The average molecular weight is 497 g/mol. The Hall–Kier alpha value is -3.41. The molecular formula is C31H36N4O2. The van der Waals surface area contributed by atoms with E-state index < -0.39 is 6.04 Å². The monoisotopic (exact) mass is 496 g/mol. The van der Waals surface area contributed by atoms with Gasteiger partial charge in [0.25, 0.3) is 0 Å². The molecule has 6 nitrogen and oxygen atoms in total. The first-order chi connectivity index (χ1) is 18.0. The van der Waals surface area contributed by atoms with Crippen LogP contribution in [0.25, 0.3) is 11.3 Å². The smallest absolute Gasteiger partial charge is 0.242 e. The lowest BCUT2D eigenvalue weighted by Crippen LogP contribution is -2.56. The molecule has 7 rings (SSSR count). The van der Waals surface area contributed by atoms with Crippen molar-refractivity contribution in [2.75, 3.05) is 0 Å². The summed E-state index contributed by atoms with van der Waals surface area (Å²) in [5, 5.41) is 11.0. The summed E-state index contributed by atoms with van der Waals surface area (Å²) in [5.41, 5.74) is 3.75. The van der Waals surface area contributed by atoms with Crippen LogP contribution in [0.1, 0.15) is 56.6 Å². The van der Waals surface area contributed by atoms with Crippen LogP contribution in [0, 0.1) is 23.2 Å². The van der Waals surface area contributed by atoms with Crippen LogP contribution in [0.4, 0.5) is 0 Å². The van der Waals surface area contributed by atoms with Gasteiger partial charge in [0.05, 0.1) is 12.2 Å². The topological polar surface area (TPSA) is 76.0 Å². The number of amides is 2. The molecule has 4 aliphatic rings. The third kappa shape index (κ3) is 4.94. The van der Waals surface area contributed by atoms with Gasteiger partial charge in [-0.3, -0.25) is 14.3 Å². The zero-order valence-corrected chi connectivity index (χ0v) is 21.5. The fraction of sp³-hybridized carbons (Fsp3) is 0.452. The summed E-state index contributed by atoms with van der Waals surface area (Å²) in [6, 6.07) is 19.7. The molecule has 4 fully saturated rings. The van der Waals surface area contributed by atoms with E-state index in [4.69, 9.17) is 5.10 Å². The van der Waals surface area contributed by atoms with Crippen LogP contribution >= 0.6 is 0 Å². The van der Waals surface area contributed by atoms with Crippen molar-refractivity contribution < 1.29 is 9.59 Å². The van der Waals surface area contributed by atoms with Crippen molar-refractivity contribution in [3.63, 3.8) is 0 Å². The Morgan fingerprint density at radius 1 is 0.946 bits per heavy atom. The quantitative estimate of drug-likeness (QED) is 0.464. The minimum atomic E-state index is -0.569. The zero-order valence-electron chi connectivity index (χ0n) is 21.5. The average Bonchev–Trinajstić information content (AvgIpc) is 3.30. The maximum absolute atomic E-state index is 13.4. The molecule has 1 aromatic heterocycles. The van der Waals surface area contributed by atoms with E-state index in [-0.39, 0.29) is 17.2 Å². The van der Waals surface area contributed by atoms with Gasteiger partial charge >= 0.3 is 0 Å². The molecule has 0 unspecified atom stereocenters. The molecular weight excluding hydrogens is 460 g/mol. The number of hydrogen-bond acceptors (Lipinski definition) is 3. The molecule has 0 radical (unpaired) electrons. The standard InChI is InChI=1S/C31H36N4O2/c1-21(33-30(37)31-15-23-12-24(16-31)14-25(13-23)17-31)29(36)32-18-27-20-35(19-22-8-4-2-5-9-22)34-28(27)26-10-6-3-7-11-26/h2-11,20-21,23-25H,12-19H2,1H3,(H,32,36)(H,33,37)/t21-,23?,24?,25?,31?/m1/s1. The van der Waals surface area contributed by atoms with Crippen LogP contribution in [-0.4, -0.2) is 27.6 Å². The van der Waals surface area contributed by atoms with Gasteiger partial charge in [-0.25, -0.2) is 0 Å². The second-order valence-electron chi connectivity index (χ2n) is 11.7. The lowest BCUT2D eigenvalue weighted by molar-refractivity contribution is -0.148. The molecule has 4 saturated carbocycles. The Morgan fingerprint density at radius 2 is 1.54 bits per heavy atom. The largest absolute Gasteiger partial charge is 0.350 e. The third-order valence-electron chi connectivity index (χ3n) is 8.79. The number of nitrogens with one attached hydrogen (secondary N) is 2. The molecule has 37 heavy (non-hydrogen) atoms. The Kier molecular flexibility index (Phi) is 6.35. The molecule has 2 aromatic carbocycles. The number of carbonyl (C=O) groups is 2. The van der Waals surface area contributed by atoms with E-state index in [1.54, 1.807) is 6.92 Å². The van der Waals surface area contributed by atoms with Gasteiger partial charge in [0.15, 0.2) is 0 Å². The summed E-state index contributed by atoms with van der Waals surface area (Å²) in [4.78, 5) is 26.5. The number of rotatable bonds is 8. The second-order valence-corrected chi connectivity index (χ2v) is 11.7. The Morgan fingerprint density at radius 3 is 2.16 bits per heavy atom. The fourth-order valence-electron chi connectivity index (χ4n) is 7.42. The van der Waals surface area contributed by atoms with E-state index in [9.17, 15) is 9.59 Å². The van der Waals surface area contributed by atoms with Gasteiger partial charge < -0.3 is 10.6 Å². The highest BCUT2D eigenvalue weighted by Gasteiger charge is 2.54. The van der Waals surface area contributed by atoms with Crippen molar-refractivity contribution in [3.05, 3.63) is 78.0 Å². The summed E-state index contributed by atoms with van der Waals surface area (Å²) in [6.45, 7) is 2.81. The van der Waals surface area contributed by atoms with Gasteiger partial charge in [0, 0.05) is 29.3 Å². The number of aromatic nitrogens is 2. The molecule has 2 amide bonds. The van der Waals surface area contributed by atoms with Crippen molar-refractivity contribution in [1.29, 1.82) is 0 Å². The molecule has 0 aliphatic heterocycles. The van der Waals surface area contributed by atoms with Crippen LogP contribution in [0.15, 0.2) is 66.9 Å². The molecule has 4 aliphatic carbocycles. The molecule has 2 N–H and O–H groups in total. The lowest BCUT2D eigenvalue weighted by atomic mass is 9.49. The summed E-state index contributed by atoms with van der Waals surface area (Å²) < 4.78 is 1.93. The number of carbonyl (C=O) groups excluding carboxylic acids is 2. The van der Waals surface area contributed by atoms with Gasteiger partial charge in [-0.2, -0.15) is 5.10 Å². The highest BCUT2D eigenvalue weighted by Crippen LogP contribution is 2.60. The SMILES string of the molecule is C[C@@H](NC(=O)C12CC3CC(CC(C3)C1)C2)C(=O)NCc1cn(Cc2ccccc2)nc1-c1ccccc1. The Bertz CT molecular complexity index is 1230. The Balaban J connectivity index is 1.12. The van der Waals surface area contributed by atoms with E-state index >= 15 is 0 Å². The first-order valence-electron chi connectivity index (χ1n) is 13.7. The molecule has 192 valence electrons. The van der Waals surface area contributed by atoms with E-state index in [2.05, 4.69) is 22.8 Å². The van der Waals surface area contributed by atoms with Gasteiger partial charge in [-0.1, -0.05) is 60.7 Å². The van der Waals surface area contributed by atoms with E-state index in [1.165, 1.54) is 24.8 Å². The van der Waals surface area contributed by atoms with Crippen LogP contribution in [0.2, 0.25) is 0 Å². The van der Waals surface area contributed by atoms with Crippen molar-refractivity contribution in [2.45, 2.75) is 64.6 Å². The van der Waals surface area contributed by atoms with Gasteiger partial charge in [-0.05, 0) is 68.8 Å². The minimum Gasteiger partial charge on any atom is -0.350 e. The summed E-state index contributed by atoms with van der Waals surface area (Å²) in [5.74, 6) is 2.03. The fourth-order valence-corrected chi connectivity index (χ4v) is 7.42. The zero-order chi connectivity index (χ0) is 25.4. The summed E-state index contributed by atoms with van der Waals surface area (Å²) in [7, 11) is 0. The van der Waals surface area contributed by atoms with Crippen molar-refractivity contribution in [2.24, 2.45) is 23.2 Å². The van der Waals surface area contributed by atoms with Gasteiger partial charge in [0.1, 0.15) is 6.04 Å². The van der Waals surface area contributed by atoms with Crippen molar-refractivity contribution in [1.82, 2.24) is 20.4 Å². The summed E-state index contributed by atoms with van der Waals surface area (Å²) >= 11 is 0. The molecule has 4 bridgehead atoms. The number of hydrogen-bond donors (Lipinski definition) is 2. The predicted octanol–water partition coefficient (Wildman–Crippen LogP) is 4.94. The highest BCUT2D eigenvalue weighted by atomic mass is 16.2. The minimum absolute atomic E-state index is 0.0925. The lowest BCUT2D eigenvalue weighted by Gasteiger charge is -2.55. The number of nitrogens with zero attached hydrogens (tertiary/aromatic N) is 2. The van der Waals surface area contributed by atoms with Gasteiger partial charge in [-0.15, -0.1) is 0 Å². The van der Waals surface area contributed by atoms with Crippen LogP contribution in [-0.2, 0) is 22.7 Å². The molecule has 0 saturated heterocycles. The molecule has 1 heterocycles. The maximum Gasteiger partial charge on any atom is 0.242 e. The van der Waals surface area contributed by atoms with Crippen molar-refractivity contribution in [3.8, 4) is 11.3 Å². The molecule has 3 aromatic rings. The number of benzene rings is 2. The highest BCUT2D eigenvalue weighted by molar-refractivity contribution is 5.90.